The van der Waals surface area contributed by atoms with Crippen molar-refractivity contribution in [1.82, 2.24) is 19.6 Å². The highest BCUT2D eigenvalue weighted by Gasteiger charge is 2.16. The minimum absolute atomic E-state index is 0.241. The van der Waals surface area contributed by atoms with Crippen molar-refractivity contribution in [2.45, 2.75) is 0 Å². The molecule has 0 aliphatic rings. The van der Waals surface area contributed by atoms with Crippen LogP contribution in [0.3, 0.4) is 0 Å². The summed E-state index contributed by atoms with van der Waals surface area (Å²) in [4.78, 5) is 8.88. The third kappa shape index (κ3) is 2.03. The van der Waals surface area contributed by atoms with E-state index in [0.29, 0.717) is 27.1 Å². The van der Waals surface area contributed by atoms with Crippen molar-refractivity contribution in [3.8, 4) is 11.4 Å². The van der Waals surface area contributed by atoms with Gasteiger partial charge in [0.05, 0.1) is 15.6 Å². The summed E-state index contributed by atoms with van der Waals surface area (Å²) in [6, 6.07) is 12.9. The molecule has 4 rings (SSSR count). The normalized spacial score (nSPS) is 11.4. The molecule has 0 atom stereocenters. The first kappa shape index (κ1) is 13.8. The van der Waals surface area contributed by atoms with Crippen molar-refractivity contribution < 1.29 is 0 Å². The first-order valence-corrected chi connectivity index (χ1v) is 7.54. The molecule has 0 saturated carbocycles. The summed E-state index contributed by atoms with van der Waals surface area (Å²) in [5.41, 5.74) is 2.04. The summed E-state index contributed by atoms with van der Waals surface area (Å²) in [5, 5.41) is 6.37. The number of rotatable bonds is 1. The van der Waals surface area contributed by atoms with Gasteiger partial charge in [0.25, 0.3) is 0 Å². The zero-order chi connectivity index (χ0) is 15.3. The van der Waals surface area contributed by atoms with Crippen molar-refractivity contribution in [3.05, 3.63) is 57.8 Å². The van der Waals surface area contributed by atoms with Crippen LogP contribution in [0.4, 0.5) is 0 Å². The van der Waals surface area contributed by atoms with Crippen LogP contribution in [0, 0.1) is 0 Å². The van der Waals surface area contributed by atoms with E-state index in [9.17, 15) is 0 Å². The molecular weight excluding hydrogens is 343 g/mol. The minimum Gasteiger partial charge on any atom is -0.218 e. The Morgan fingerprint density at radius 2 is 1.68 bits per heavy atom. The van der Waals surface area contributed by atoms with Crippen molar-refractivity contribution >= 4 is 51.4 Å². The van der Waals surface area contributed by atoms with E-state index in [2.05, 4.69) is 15.1 Å². The topological polar surface area (TPSA) is 43.1 Å². The van der Waals surface area contributed by atoms with Gasteiger partial charge in [-0.3, -0.25) is 0 Å². The number of hydrogen-bond acceptors (Lipinski definition) is 3. The highest BCUT2D eigenvalue weighted by Crippen LogP contribution is 2.32. The Bertz CT molecular complexity index is 1030. The smallest absolute Gasteiger partial charge is 0.218 e. The van der Waals surface area contributed by atoms with Crippen molar-refractivity contribution in [3.63, 3.8) is 0 Å². The zero-order valence-electron chi connectivity index (χ0n) is 11.0. The molecule has 0 spiro atoms. The number of aromatic nitrogens is 4. The maximum Gasteiger partial charge on any atom is 0.226 e. The van der Waals surface area contributed by atoms with Gasteiger partial charge in [0.1, 0.15) is 0 Å². The Morgan fingerprint density at radius 1 is 0.864 bits per heavy atom. The fraction of sp³-hybridized carbons (Fsp3) is 0. The first-order valence-electron chi connectivity index (χ1n) is 6.40. The Labute approximate surface area is 140 Å². The number of halogens is 3. The monoisotopic (exact) mass is 348 g/mol. The molecular formula is C15H7Cl3N4. The number of nitrogens with zero attached hydrogens (tertiary/aromatic N) is 4. The SMILES string of the molecule is Clc1cccc(-c2nc3c4ccccc4nc(Cl)n3n2)c1Cl. The average molecular weight is 350 g/mol. The number of fused-ring (bicyclic) bond motifs is 3. The van der Waals surface area contributed by atoms with E-state index in [1.54, 1.807) is 12.1 Å². The predicted molar refractivity (Wildman–Crippen MR) is 88.8 cm³/mol. The molecule has 0 aliphatic carbocycles. The second-order valence-electron chi connectivity index (χ2n) is 4.67. The lowest BCUT2D eigenvalue weighted by Gasteiger charge is -2.00. The molecule has 22 heavy (non-hydrogen) atoms. The lowest BCUT2D eigenvalue weighted by Crippen LogP contribution is -1.94. The van der Waals surface area contributed by atoms with Crippen LogP contribution in [0.5, 0.6) is 0 Å². The molecule has 4 nitrogen and oxygen atoms in total. The maximum atomic E-state index is 6.24. The second kappa shape index (κ2) is 5.09. The molecule has 2 aromatic heterocycles. The molecule has 2 aromatic carbocycles. The van der Waals surface area contributed by atoms with Crippen LogP contribution in [0.15, 0.2) is 42.5 Å². The quantitative estimate of drug-likeness (QED) is 0.459. The van der Waals surface area contributed by atoms with Crippen LogP contribution >= 0.6 is 34.8 Å². The van der Waals surface area contributed by atoms with Gasteiger partial charge in [-0.05, 0) is 35.9 Å². The Morgan fingerprint density at radius 3 is 2.55 bits per heavy atom. The van der Waals surface area contributed by atoms with Crippen LogP contribution < -0.4 is 0 Å². The van der Waals surface area contributed by atoms with Crippen molar-refractivity contribution in [1.29, 1.82) is 0 Å². The van der Waals surface area contributed by atoms with Gasteiger partial charge in [0.2, 0.25) is 5.28 Å². The fourth-order valence-electron chi connectivity index (χ4n) is 2.31. The average Bonchev–Trinajstić information content (AvgIpc) is 2.96. The van der Waals surface area contributed by atoms with Crippen molar-refractivity contribution in [2.24, 2.45) is 0 Å². The lowest BCUT2D eigenvalue weighted by atomic mass is 10.2. The summed E-state index contributed by atoms with van der Waals surface area (Å²) in [6.07, 6.45) is 0. The molecule has 7 heteroatoms. The number of benzene rings is 2. The van der Waals surface area contributed by atoms with E-state index in [-0.39, 0.29) is 5.28 Å². The fourth-order valence-corrected chi connectivity index (χ4v) is 2.91. The van der Waals surface area contributed by atoms with Crippen molar-refractivity contribution in [2.75, 3.05) is 0 Å². The third-order valence-corrected chi connectivity index (χ3v) is 4.40. The number of para-hydroxylation sites is 1. The molecule has 0 fully saturated rings. The molecule has 108 valence electrons. The lowest BCUT2D eigenvalue weighted by molar-refractivity contribution is 0.939. The molecule has 0 saturated heterocycles. The molecule has 0 radical (unpaired) electrons. The van der Waals surface area contributed by atoms with E-state index in [1.165, 1.54) is 4.52 Å². The van der Waals surface area contributed by atoms with Crippen LogP contribution in [-0.2, 0) is 0 Å². The minimum atomic E-state index is 0.241. The zero-order valence-corrected chi connectivity index (χ0v) is 13.2. The summed E-state index contributed by atoms with van der Waals surface area (Å²) in [6.45, 7) is 0. The van der Waals surface area contributed by atoms with Crippen LogP contribution in [0.25, 0.3) is 27.9 Å². The van der Waals surface area contributed by atoms with Gasteiger partial charge < -0.3 is 0 Å². The third-order valence-electron chi connectivity index (χ3n) is 3.33. The van der Waals surface area contributed by atoms with Gasteiger partial charge in [-0.25, -0.2) is 9.97 Å². The molecule has 0 amide bonds. The van der Waals surface area contributed by atoms with E-state index < -0.39 is 0 Å². The molecule has 0 bridgehead atoms. The largest absolute Gasteiger partial charge is 0.226 e. The van der Waals surface area contributed by atoms with Gasteiger partial charge in [0, 0.05) is 10.9 Å². The molecule has 0 aliphatic heterocycles. The molecule has 4 aromatic rings. The highest BCUT2D eigenvalue weighted by molar-refractivity contribution is 6.43. The van der Waals surface area contributed by atoms with Crippen LogP contribution in [0.1, 0.15) is 0 Å². The van der Waals surface area contributed by atoms with Crippen LogP contribution in [0.2, 0.25) is 15.3 Å². The van der Waals surface area contributed by atoms with E-state index in [1.807, 2.05) is 30.3 Å². The summed E-state index contributed by atoms with van der Waals surface area (Å²) in [7, 11) is 0. The van der Waals surface area contributed by atoms with Gasteiger partial charge in [-0.1, -0.05) is 41.4 Å². The second-order valence-corrected chi connectivity index (χ2v) is 5.79. The summed E-state index contributed by atoms with van der Waals surface area (Å²) < 4.78 is 1.50. The standard InChI is InChI=1S/C15H7Cl3N4/c16-10-6-3-5-9(12(10)17)13-20-14-8-4-1-2-7-11(8)19-15(18)22(14)21-13/h1-7H. The maximum absolute atomic E-state index is 6.24. The Kier molecular flexibility index (Phi) is 3.18. The van der Waals surface area contributed by atoms with Gasteiger partial charge in [-0.15, -0.1) is 5.10 Å². The highest BCUT2D eigenvalue weighted by atomic mass is 35.5. The number of hydrogen-bond donors (Lipinski definition) is 0. The van der Waals surface area contributed by atoms with Crippen LogP contribution in [-0.4, -0.2) is 19.6 Å². The van der Waals surface area contributed by atoms with Gasteiger partial charge in [0.15, 0.2) is 11.5 Å². The van der Waals surface area contributed by atoms with Gasteiger partial charge in [-0.2, -0.15) is 4.52 Å². The van der Waals surface area contributed by atoms with E-state index in [0.717, 1.165) is 10.9 Å². The first-order chi connectivity index (χ1) is 10.6. The van der Waals surface area contributed by atoms with E-state index >= 15 is 0 Å². The summed E-state index contributed by atoms with van der Waals surface area (Å²) >= 11 is 18.5. The molecule has 0 unspecified atom stereocenters. The summed E-state index contributed by atoms with van der Waals surface area (Å²) in [5.74, 6) is 0.451. The Hall–Kier alpha value is -1.88. The molecule has 2 heterocycles. The molecule has 0 N–H and O–H groups in total. The van der Waals surface area contributed by atoms with Gasteiger partial charge >= 0.3 is 0 Å². The predicted octanol–water partition coefficient (Wildman–Crippen LogP) is 4.90. The van der Waals surface area contributed by atoms with E-state index in [4.69, 9.17) is 34.8 Å². The Balaban J connectivity index is 2.07.